The maximum atomic E-state index is 12.2. The van der Waals surface area contributed by atoms with Gasteiger partial charge in [0.05, 0.1) is 30.8 Å². The third-order valence-corrected chi connectivity index (χ3v) is 3.63. The number of amides is 1. The van der Waals surface area contributed by atoms with Crippen molar-refractivity contribution in [1.82, 2.24) is 10.2 Å². The van der Waals surface area contributed by atoms with Gasteiger partial charge in [-0.2, -0.15) is 0 Å². The number of hydrogen-bond acceptors (Lipinski definition) is 6. The molecule has 1 aliphatic rings. The number of nitro benzene ring substituents is 1. The Labute approximate surface area is 137 Å². The number of likely N-dealkylation sites (N-methyl/N-ethyl adjacent to an activating group) is 1. The van der Waals surface area contributed by atoms with Crippen LogP contribution in [-0.4, -0.2) is 41.6 Å². The summed E-state index contributed by atoms with van der Waals surface area (Å²) in [6, 6.07) is 2.69. The zero-order chi connectivity index (χ0) is 17.1. The van der Waals surface area contributed by atoms with Gasteiger partial charge in [-0.05, 0) is 31.3 Å². The number of hydrogen-bond donors (Lipinski definition) is 1. The lowest BCUT2D eigenvalue weighted by molar-refractivity contribution is -0.385. The predicted octanol–water partition coefficient (Wildman–Crippen LogP) is 1.69. The lowest BCUT2D eigenvalue weighted by atomic mass is 10.1. The smallest absolute Gasteiger partial charge is 0.280 e. The molecule has 1 saturated heterocycles. The number of nitro groups is 1. The Balaban J connectivity index is 2.55. The minimum atomic E-state index is -0.552. The quantitative estimate of drug-likeness (QED) is 0.378. The molecule has 23 heavy (non-hydrogen) atoms. The molecule has 0 aliphatic carbocycles. The van der Waals surface area contributed by atoms with E-state index in [1.54, 1.807) is 6.92 Å². The summed E-state index contributed by atoms with van der Waals surface area (Å²) in [4.78, 5) is 24.3. The van der Waals surface area contributed by atoms with Gasteiger partial charge in [-0.3, -0.25) is 19.8 Å². The van der Waals surface area contributed by atoms with E-state index in [1.165, 1.54) is 37.3 Å². The molecule has 1 aromatic rings. The van der Waals surface area contributed by atoms with E-state index in [0.717, 1.165) is 0 Å². The molecule has 9 heteroatoms. The number of benzene rings is 1. The highest BCUT2D eigenvalue weighted by Crippen LogP contribution is 2.35. The number of rotatable bonds is 5. The van der Waals surface area contributed by atoms with Crippen molar-refractivity contribution in [2.24, 2.45) is 0 Å². The van der Waals surface area contributed by atoms with E-state index >= 15 is 0 Å². The molecule has 1 fully saturated rings. The van der Waals surface area contributed by atoms with Crippen LogP contribution in [0.3, 0.4) is 0 Å². The van der Waals surface area contributed by atoms with Gasteiger partial charge in [0.2, 0.25) is 0 Å². The van der Waals surface area contributed by atoms with Crippen molar-refractivity contribution in [3.05, 3.63) is 33.5 Å². The van der Waals surface area contributed by atoms with Crippen molar-refractivity contribution in [3.8, 4) is 11.5 Å². The monoisotopic (exact) mass is 337 g/mol. The number of methoxy groups -OCH3 is 2. The highest BCUT2D eigenvalue weighted by atomic mass is 32.1. The lowest BCUT2D eigenvalue weighted by Crippen LogP contribution is -2.30. The minimum Gasteiger partial charge on any atom is -0.493 e. The number of nitrogens with zero attached hydrogens (tertiary/aromatic N) is 2. The zero-order valence-corrected chi connectivity index (χ0v) is 13.6. The molecule has 1 aromatic carbocycles. The molecule has 1 heterocycles. The van der Waals surface area contributed by atoms with Crippen LogP contribution in [0.5, 0.6) is 11.5 Å². The summed E-state index contributed by atoms with van der Waals surface area (Å²) in [7, 11) is 2.81. The van der Waals surface area contributed by atoms with Crippen molar-refractivity contribution in [2.75, 3.05) is 20.8 Å². The maximum absolute atomic E-state index is 12.2. The molecule has 0 bridgehead atoms. The summed E-state index contributed by atoms with van der Waals surface area (Å²) in [5.41, 5.74) is 0.182. The SMILES string of the molecule is CCN1C(=O)/C(=C/c2cc(OC)c(OC)cc2[N+](=O)[O-])NC1=S. The van der Waals surface area contributed by atoms with E-state index in [4.69, 9.17) is 21.7 Å². The molecule has 0 unspecified atom stereocenters. The first-order valence-corrected chi connectivity index (χ1v) is 7.08. The Bertz CT molecular complexity index is 717. The van der Waals surface area contributed by atoms with Crippen LogP contribution in [-0.2, 0) is 4.79 Å². The molecule has 8 nitrogen and oxygen atoms in total. The van der Waals surface area contributed by atoms with Gasteiger partial charge in [-0.1, -0.05) is 0 Å². The molecule has 1 N–H and O–H groups in total. The third kappa shape index (κ3) is 3.09. The topological polar surface area (TPSA) is 93.9 Å². The van der Waals surface area contributed by atoms with Crippen molar-refractivity contribution >= 4 is 35.0 Å². The molecule has 0 atom stereocenters. The largest absolute Gasteiger partial charge is 0.493 e. The van der Waals surface area contributed by atoms with Gasteiger partial charge in [0.1, 0.15) is 5.70 Å². The number of carbonyl (C=O) groups is 1. The molecule has 0 spiro atoms. The summed E-state index contributed by atoms with van der Waals surface area (Å²) in [5.74, 6) is 0.227. The first-order valence-electron chi connectivity index (χ1n) is 6.67. The fourth-order valence-corrected chi connectivity index (χ4v) is 2.49. The van der Waals surface area contributed by atoms with Crippen LogP contribution in [0.2, 0.25) is 0 Å². The summed E-state index contributed by atoms with van der Waals surface area (Å²) in [5, 5.41) is 14.3. The van der Waals surface area contributed by atoms with Crippen LogP contribution in [0.1, 0.15) is 12.5 Å². The van der Waals surface area contributed by atoms with Crippen LogP contribution in [0, 0.1) is 10.1 Å². The van der Waals surface area contributed by atoms with E-state index < -0.39 is 4.92 Å². The molecule has 2 rings (SSSR count). The number of nitrogens with one attached hydrogen (secondary N) is 1. The Morgan fingerprint density at radius 3 is 2.43 bits per heavy atom. The summed E-state index contributed by atoms with van der Waals surface area (Å²) in [6.45, 7) is 2.20. The Kier molecular flexibility index (Phi) is 4.80. The first-order chi connectivity index (χ1) is 10.9. The van der Waals surface area contributed by atoms with E-state index in [1.807, 2.05) is 0 Å². The van der Waals surface area contributed by atoms with Crippen LogP contribution < -0.4 is 14.8 Å². The van der Waals surface area contributed by atoms with Crippen molar-refractivity contribution < 1.29 is 19.2 Å². The second-order valence-corrected chi connectivity index (χ2v) is 4.95. The average Bonchev–Trinajstić information content (AvgIpc) is 2.79. The predicted molar refractivity (Wildman–Crippen MR) is 87.3 cm³/mol. The van der Waals surface area contributed by atoms with Crippen molar-refractivity contribution in [3.63, 3.8) is 0 Å². The Morgan fingerprint density at radius 1 is 1.35 bits per heavy atom. The zero-order valence-electron chi connectivity index (χ0n) is 12.8. The Morgan fingerprint density at radius 2 is 1.96 bits per heavy atom. The van der Waals surface area contributed by atoms with Gasteiger partial charge in [0.15, 0.2) is 16.6 Å². The summed E-state index contributed by atoms with van der Waals surface area (Å²) >= 11 is 5.06. The summed E-state index contributed by atoms with van der Waals surface area (Å²) < 4.78 is 10.2. The average molecular weight is 337 g/mol. The molecule has 0 saturated carbocycles. The minimum absolute atomic E-state index is 0.173. The van der Waals surface area contributed by atoms with Crippen LogP contribution in [0.4, 0.5) is 5.69 Å². The molecule has 1 aliphatic heterocycles. The fraction of sp³-hybridized carbons (Fsp3) is 0.286. The van der Waals surface area contributed by atoms with Gasteiger partial charge in [-0.15, -0.1) is 0 Å². The molecule has 1 amide bonds. The molecule has 0 aromatic heterocycles. The van der Waals surface area contributed by atoms with E-state index in [2.05, 4.69) is 5.32 Å². The van der Waals surface area contributed by atoms with E-state index in [9.17, 15) is 14.9 Å². The van der Waals surface area contributed by atoms with Crippen LogP contribution in [0.25, 0.3) is 6.08 Å². The summed E-state index contributed by atoms with van der Waals surface area (Å²) in [6.07, 6.45) is 1.38. The van der Waals surface area contributed by atoms with Gasteiger partial charge >= 0.3 is 0 Å². The fourth-order valence-electron chi connectivity index (χ4n) is 2.17. The highest BCUT2D eigenvalue weighted by Gasteiger charge is 2.30. The first kappa shape index (κ1) is 16.7. The highest BCUT2D eigenvalue weighted by molar-refractivity contribution is 7.80. The number of ether oxygens (including phenoxy) is 2. The van der Waals surface area contributed by atoms with Crippen molar-refractivity contribution in [2.45, 2.75) is 6.92 Å². The van der Waals surface area contributed by atoms with Gasteiger partial charge in [0.25, 0.3) is 11.6 Å². The number of thiocarbonyl (C=S) groups is 1. The standard InChI is InChI=1S/C14H15N3O5S/c1-4-16-13(18)9(15-14(16)23)5-8-6-11(21-2)12(22-3)7-10(8)17(19)20/h5-7H,4H2,1-3H3,(H,15,23)/b9-5-. The maximum Gasteiger partial charge on any atom is 0.280 e. The molecule has 0 radical (unpaired) electrons. The molecule has 122 valence electrons. The normalized spacial score (nSPS) is 15.8. The molecular weight excluding hydrogens is 322 g/mol. The van der Waals surface area contributed by atoms with Gasteiger partial charge < -0.3 is 14.8 Å². The lowest BCUT2D eigenvalue weighted by Gasteiger charge is -2.09. The van der Waals surface area contributed by atoms with E-state index in [-0.39, 0.29) is 33.7 Å². The van der Waals surface area contributed by atoms with Gasteiger partial charge in [0, 0.05) is 6.54 Å². The second-order valence-electron chi connectivity index (χ2n) is 4.56. The Hall–Kier alpha value is -2.68. The molecular formula is C14H15N3O5S. The van der Waals surface area contributed by atoms with Gasteiger partial charge in [-0.25, -0.2) is 0 Å². The van der Waals surface area contributed by atoms with E-state index in [0.29, 0.717) is 12.3 Å². The number of carbonyl (C=O) groups excluding carboxylic acids is 1. The van der Waals surface area contributed by atoms with Crippen LogP contribution >= 0.6 is 12.2 Å². The second kappa shape index (κ2) is 6.61. The third-order valence-electron chi connectivity index (χ3n) is 3.31. The van der Waals surface area contributed by atoms with Crippen LogP contribution in [0.15, 0.2) is 17.8 Å². The van der Waals surface area contributed by atoms with Crippen molar-refractivity contribution in [1.29, 1.82) is 0 Å².